The van der Waals surface area contributed by atoms with E-state index in [1.165, 1.54) is 24.3 Å². The van der Waals surface area contributed by atoms with Crippen molar-refractivity contribution >= 4 is 23.6 Å². The minimum absolute atomic E-state index is 0.0353. The van der Waals surface area contributed by atoms with Gasteiger partial charge in [0.25, 0.3) is 0 Å². The quantitative estimate of drug-likeness (QED) is 0.262. The molecule has 1 unspecified atom stereocenters. The summed E-state index contributed by atoms with van der Waals surface area (Å²) in [5.74, 6) is -1.50. The van der Waals surface area contributed by atoms with E-state index in [1.54, 1.807) is 0 Å². The van der Waals surface area contributed by atoms with E-state index in [2.05, 4.69) is 5.32 Å². The molecule has 1 rings (SSSR count). The van der Waals surface area contributed by atoms with Gasteiger partial charge < -0.3 is 27.0 Å². The summed E-state index contributed by atoms with van der Waals surface area (Å²) in [5, 5.41) is 20.5. The van der Waals surface area contributed by atoms with Crippen LogP contribution in [-0.2, 0) is 9.59 Å². The van der Waals surface area contributed by atoms with Crippen LogP contribution in [0.4, 0.5) is 5.69 Å². The van der Waals surface area contributed by atoms with E-state index < -0.39 is 24.5 Å². The van der Waals surface area contributed by atoms with Gasteiger partial charge in [-0.25, -0.2) is 0 Å². The number of rotatable bonds is 5. The monoisotopic (exact) mass is 265 g/mol. The second-order valence-corrected chi connectivity index (χ2v) is 3.80. The first-order valence-electron chi connectivity index (χ1n) is 5.41. The van der Waals surface area contributed by atoms with Gasteiger partial charge in [0.1, 0.15) is 11.8 Å². The van der Waals surface area contributed by atoms with Crippen molar-refractivity contribution in [2.24, 2.45) is 5.73 Å². The van der Waals surface area contributed by atoms with Crippen molar-refractivity contribution in [1.29, 1.82) is 0 Å². The Bertz CT molecular complexity index is 514. The van der Waals surface area contributed by atoms with E-state index in [1.807, 2.05) is 0 Å². The SMILES string of the molecule is NC(=O)C(CO)NC(=O)/C=C/c1cc(N)ccc1O. The molecule has 0 saturated carbocycles. The molecule has 0 radical (unpaired) electrons. The number of carbonyl (C=O) groups is 2. The third-order valence-corrected chi connectivity index (χ3v) is 2.31. The summed E-state index contributed by atoms with van der Waals surface area (Å²) < 4.78 is 0. The van der Waals surface area contributed by atoms with Gasteiger partial charge in [-0.1, -0.05) is 0 Å². The number of nitrogen functional groups attached to an aromatic ring is 1. The van der Waals surface area contributed by atoms with Crippen molar-refractivity contribution in [3.05, 3.63) is 29.8 Å². The number of primary amides is 1. The van der Waals surface area contributed by atoms with Crippen LogP contribution in [0.5, 0.6) is 5.75 Å². The highest BCUT2D eigenvalue weighted by Crippen LogP contribution is 2.20. The number of amides is 2. The lowest BCUT2D eigenvalue weighted by atomic mass is 10.1. The Morgan fingerprint density at radius 2 is 2.11 bits per heavy atom. The number of aliphatic hydroxyl groups excluding tert-OH is 1. The smallest absolute Gasteiger partial charge is 0.244 e. The van der Waals surface area contributed by atoms with E-state index in [-0.39, 0.29) is 5.75 Å². The first-order chi connectivity index (χ1) is 8.93. The zero-order chi connectivity index (χ0) is 14.4. The molecule has 7 nitrogen and oxygen atoms in total. The lowest BCUT2D eigenvalue weighted by molar-refractivity contribution is -0.125. The van der Waals surface area contributed by atoms with Crippen LogP contribution < -0.4 is 16.8 Å². The van der Waals surface area contributed by atoms with Crippen molar-refractivity contribution in [2.75, 3.05) is 12.3 Å². The molecule has 7 N–H and O–H groups in total. The van der Waals surface area contributed by atoms with Crippen molar-refractivity contribution < 1.29 is 19.8 Å². The number of aromatic hydroxyl groups is 1. The number of benzene rings is 1. The predicted molar refractivity (Wildman–Crippen MR) is 69.8 cm³/mol. The summed E-state index contributed by atoms with van der Waals surface area (Å²) in [5.41, 5.74) is 11.3. The lowest BCUT2D eigenvalue weighted by Gasteiger charge is -2.10. The summed E-state index contributed by atoms with van der Waals surface area (Å²) in [6.07, 6.45) is 2.43. The van der Waals surface area contributed by atoms with Crippen molar-refractivity contribution in [1.82, 2.24) is 5.32 Å². The molecule has 7 heteroatoms. The molecular weight excluding hydrogens is 250 g/mol. The minimum atomic E-state index is -1.15. The average molecular weight is 265 g/mol. The number of nitrogens with two attached hydrogens (primary N) is 2. The Balaban J connectivity index is 2.73. The van der Waals surface area contributed by atoms with Crippen LogP contribution >= 0.6 is 0 Å². The second kappa shape index (κ2) is 6.41. The number of hydrogen-bond donors (Lipinski definition) is 5. The van der Waals surface area contributed by atoms with E-state index in [0.717, 1.165) is 6.08 Å². The Morgan fingerprint density at radius 3 is 2.68 bits per heavy atom. The number of phenols is 1. The lowest BCUT2D eigenvalue weighted by Crippen LogP contribution is -2.46. The highest BCUT2D eigenvalue weighted by Gasteiger charge is 2.15. The van der Waals surface area contributed by atoms with E-state index in [4.69, 9.17) is 16.6 Å². The number of aliphatic hydroxyl groups is 1. The molecule has 2 amide bonds. The molecule has 0 saturated heterocycles. The van der Waals surface area contributed by atoms with Crippen molar-refractivity contribution in [2.45, 2.75) is 6.04 Å². The normalized spacial score (nSPS) is 12.3. The fourth-order valence-corrected chi connectivity index (χ4v) is 1.30. The Kier molecular flexibility index (Phi) is 4.90. The molecule has 0 bridgehead atoms. The maximum absolute atomic E-state index is 11.5. The predicted octanol–water partition coefficient (Wildman–Crippen LogP) is -1.05. The van der Waals surface area contributed by atoms with Crippen molar-refractivity contribution in [3.8, 4) is 5.75 Å². The summed E-state index contributed by atoms with van der Waals surface area (Å²) in [7, 11) is 0. The summed E-state index contributed by atoms with van der Waals surface area (Å²) in [6, 6.07) is 3.25. The first kappa shape index (κ1) is 14.5. The van der Waals surface area contributed by atoms with Gasteiger partial charge in [0.05, 0.1) is 6.61 Å². The van der Waals surface area contributed by atoms with Gasteiger partial charge >= 0.3 is 0 Å². The third-order valence-electron chi connectivity index (χ3n) is 2.31. The summed E-state index contributed by atoms with van der Waals surface area (Å²) in [6.45, 7) is -0.585. The molecule has 0 fully saturated rings. The van der Waals surface area contributed by atoms with Crippen LogP contribution in [-0.4, -0.2) is 34.7 Å². The first-order valence-corrected chi connectivity index (χ1v) is 5.41. The minimum Gasteiger partial charge on any atom is -0.507 e. The number of phenolic OH excluding ortho intramolecular Hbond substituents is 1. The summed E-state index contributed by atoms with van der Waals surface area (Å²) in [4.78, 5) is 22.3. The van der Waals surface area contributed by atoms with E-state index in [0.29, 0.717) is 11.3 Å². The fourth-order valence-electron chi connectivity index (χ4n) is 1.30. The zero-order valence-corrected chi connectivity index (χ0v) is 10.0. The second-order valence-electron chi connectivity index (χ2n) is 3.80. The van der Waals surface area contributed by atoms with E-state index >= 15 is 0 Å². The van der Waals surface area contributed by atoms with Crippen LogP contribution in [0.3, 0.4) is 0 Å². The number of carbonyl (C=O) groups excluding carboxylic acids is 2. The molecular formula is C12H15N3O4. The molecule has 19 heavy (non-hydrogen) atoms. The van der Waals surface area contributed by atoms with Gasteiger partial charge in [0.2, 0.25) is 11.8 Å². The Labute approximate surface area is 109 Å². The van der Waals surface area contributed by atoms with E-state index in [9.17, 15) is 14.7 Å². The molecule has 0 aliphatic carbocycles. The average Bonchev–Trinajstić information content (AvgIpc) is 2.36. The molecule has 1 aromatic carbocycles. The fraction of sp³-hybridized carbons (Fsp3) is 0.167. The van der Waals surface area contributed by atoms with Gasteiger partial charge in [-0.2, -0.15) is 0 Å². The van der Waals surface area contributed by atoms with Crippen molar-refractivity contribution in [3.63, 3.8) is 0 Å². The van der Waals surface area contributed by atoms with Gasteiger partial charge in [-0.05, 0) is 24.3 Å². The van der Waals surface area contributed by atoms with Crippen LogP contribution in [0.1, 0.15) is 5.56 Å². The molecule has 0 spiro atoms. The molecule has 1 atom stereocenters. The maximum atomic E-state index is 11.5. The number of anilines is 1. The van der Waals surface area contributed by atoms with Crippen LogP contribution in [0.25, 0.3) is 6.08 Å². The largest absolute Gasteiger partial charge is 0.507 e. The summed E-state index contributed by atoms with van der Waals surface area (Å²) >= 11 is 0. The molecule has 0 aromatic heterocycles. The zero-order valence-electron chi connectivity index (χ0n) is 10.0. The third kappa shape index (κ3) is 4.32. The Hall–Kier alpha value is -2.54. The highest BCUT2D eigenvalue weighted by atomic mass is 16.3. The number of hydrogen-bond acceptors (Lipinski definition) is 5. The van der Waals surface area contributed by atoms with Crippen LogP contribution in [0.15, 0.2) is 24.3 Å². The number of nitrogens with one attached hydrogen (secondary N) is 1. The standard InChI is InChI=1S/C12H15N3O4/c13-8-2-3-10(17)7(5-8)1-4-11(18)15-9(6-16)12(14)19/h1-5,9,16-17H,6,13H2,(H2,14,19)(H,15,18)/b4-1+. The highest BCUT2D eigenvalue weighted by molar-refractivity contribution is 5.95. The van der Waals surface area contributed by atoms with Gasteiger partial charge in [-0.3, -0.25) is 9.59 Å². The molecule has 0 aliphatic rings. The molecule has 1 aromatic rings. The molecule has 0 aliphatic heterocycles. The van der Waals surface area contributed by atoms with Crippen LogP contribution in [0.2, 0.25) is 0 Å². The van der Waals surface area contributed by atoms with Gasteiger partial charge in [-0.15, -0.1) is 0 Å². The Morgan fingerprint density at radius 1 is 1.42 bits per heavy atom. The van der Waals surface area contributed by atoms with Crippen LogP contribution in [0, 0.1) is 0 Å². The molecule has 102 valence electrons. The van der Waals surface area contributed by atoms with Gasteiger partial charge in [0.15, 0.2) is 0 Å². The topological polar surface area (TPSA) is 139 Å². The maximum Gasteiger partial charge on any atom is 0.244 e. The van der Waals surface area contributed by atoms with Gasteiger partial charge in [0, 0.05) is 17.3 Å². The molecule has 0 heterocycles.